The summed E-state index contributed by atoms with van der Waals surface area (Å²) in [5.74, 6) is 0. The molecule has 4 nitrogen and oxygen atoms in total. The lowest BCUT2D eigenvalue weighted by Gasteiger charge is -2.17. The highest BCUT2D eigenvalue weighted by Crippen LogP contribution is 2.20. The molecular weight excluding hydrogens is 224 g/mol. The fourth-order valence-corrected chi connectivity index (χ4v) is 2.08. The average molecular weight is 240 g/mol. The maximum atomic E-state index is 4.58. The molecule has 1 aliphatic rings. The van der Waals surface area contributed by atoms with E-state index in [0.29, 0.717) is 0 Å². The molecule has 0 radical (unpaired) electrons. The lowest BCUT2D eigenvalue weighted by molar-refractivity contribution is 0.558. The van der Waals surface area contributed by atoms with Crippen LogP contribution in [0.2, 0.25) is 0 Å². The van der Waals surface area contributed by atoms with E-state index >= 15 is 0 Å². The molecule has 0 fully saturated rings. The van der Waals surface area contributed by atoms with Crippen molar-refractivity contribution in [2.45, 2.75) is 13.8 Å². The lowest BCUT2D eigenvalue weighted by Crippen LogP contribution is -2.26. The van der Waals surface area contributed by atoms with Gasteiger partial charge in [0.15, 0.2) is 0 Å². The van der Waals surface area contributed by atoms with E-state index in [2.05, 4.69) is 46.6 Å². The van der Waals surface area contributed by atoms with Gasteiger partial charge in [-0.1, -0.05) is 0 Å². The van der Waals surface area contributed by atoms with Gasteiger partial charge in [0.25, 0.3) is 0 Å². The first-order valence-electron chi connectivity index (χ1n) is 6.14. The van der Waals surface area contributed by atoms with Gasteiger partial charge in [-0.15, -0.1) is 0 Å². The van der Waals surface area contributed by atoms with Crippen LogP contribution in [-0.2, 0) is 0 Å². The molecule has 3 rings (SSSR count). The molecule has 1 aromatic heterocycles. The Morgan fingerprint density at radius 2 is 2.11 bits per heavy atom. The number of fused-ring (bicyclic) bond motifs is 1. The topological polar surface area (TPSA) is 40.5 Å². The van der Waals surface area contributed by atoms with Crippen LogP contribution in [0.1, 0.15) is 11.3 Å². The summed E-state index contributed by atoms with van der Waals surface area (Å²) < 4.78 is 0. The molecule has 0 atom stereocenters. The van der Waals surface area contributed by atoms with Crippen LogP contribution in [0.3, 0.4) is 0 Å². The number of aliphatic imine (C=N–C) groups is 1. The van der Waals surface area contributed by atoms with E-state index in [4.69, 9.17) is 0 Å². The Kier molecular flexibility index (Phi) is 2.63. The minimum absolute atomic E-state index is 0.862. The molecule has 18 heavy (non-hydrogen) atoms. The standard InChI is InChI=1S/C14H16N4/c1-10-7-12-8-13(17-18-6-5-15-9-18)3-4-14(12)16-11(10)2/h3-4,7-9,17H,5-6H2,1-2H3. The zero-order chi connectivity index (χ0) is 12.5. The number of anilines is 1. The van der Waals surface area contributed by atoms with E-state index in [9.17, 15) is 0 Å². The van der Waals surface area contributed by atoms with Crippen LogP contribution in [-0.4, -0.2) is 29.4 Å². The van der Waals surface area contributed by atoms with Crippen molar-refractivity contribution >= 4 is 22.9 Å². The van der Waals surface area contributed by atoms with E-state index < -0.39 is 0 Å². The fraction of sp³-hybridized carbons (Fsp3) is 0.286. The minimum Gasteiger partial charge on any atom is -0.297 e. The molecule has 0 unspecified atom stereocenters. The van der Waals surface area contributed by atoms with E-state index in [1.807, 2.05) is 18.3 Å². The summed E-state index contributed by atoms with van der Waals surface area (Å²) in [5.41, 5.74) is 7.75. The monoisotopic (exact) mass is 240 g/mol. The lowest BCUT2D eigenvalue weighted by atomic mass is 10.1. The summed E-state index contributed by atoms with van der Waals surface area (Å²) in [5, 5.41) is 3.16. The second kappa shape index (κ2) is 4.29. The Morgan fingerprint density at radius 3 is 2.89 bits per heavy atom. The smallest absolute Gasteiger partial charge is 0.104 e. The number of aromatic nitrogens is 1. The summed E-state index contributed by atoms with van der Waals surface area (Å²) >= 11 is 0. The van der Waals surface area contributed by atoms with Crippen molar-refractivity contribution < 1.29 is 0 Å². The molecular formula is C14H16N4. The van der Waals surface area contributed by atoms with Gasteiger partial charge in [-0.05, 0) is 43.7 Å². The predicted octanol–water partition coefficient (Wildman–Crippen LogP) is 2.52. The van der Waals surface area contributed by atoms with Crippen LogP contribution in [0.5, 0.6) is 0 Å². The zero-order valence-corrected chi connectivity index (χ0v) is 10.6. The Labute approximate surface area is 106 Å². The summed E-state index contributed by atoms with van der Waals surface area (Å²) in [6.45, 7) is 5.92. The zero-order valence-electron chi connectivity index (χ0n) is 10.6. The van der Waals surface area contributed by atoms with Crippen molar-refractivity contribution in [3.05, 3.63) is 35.5 Å². The van der Waals surface area contributed by atoms with Gasteiger partial charge in [0.1, 0.15) is 6.34 Å². The first-order valence-corrected chi connectivity index (χ1v) is 6.14. The highest BCUT2D eigenvalue weighted by Gasteiger charge is 2.06. The van der Waals surface area contributed by atoms with Gasteiger partial charge in [-0.2, -0.15) is 0 Å². The normalized spacial score (nSPS) is 14.4. The van der Waals surface area contributed by atoms with Crippen LogP contribution in [0.15, 0.2) is 29.3 Å². The molecule has 4 heteroatoms. The summed E-state index contributed by atoms with van der Waals surface area (Å²) in [6, 6.07) is 8.41. The Hall–Kier alpha value is -2.10. The third-order valence-corrected chi connectivity index (χ3v) is 3.22. The van der Waals surface area contributed by atoms with E-state index in [-0.39, 0.29) is 0 Å². The third-order valence-electron chi connectivity index (χ3n) is 3.22. The third kappa shape index (κ3) is 2.01. The van der Waals surface area contributed by atoms with Gasteiger partial charge in [-0.3, -0.25) is 20.4 Å². The number of rotatable bonds is 2. The molecule has 92 valence electrons. The molecule has 1 aromatic carbocycles. The van der Waals surface area contributed by atoms with Gasteiger partial charge in [0.2, 0.25) is 0 Å². The Balaban J connectivity index is 1.94. The van der Waals surface area contributed by atoms with Gasteiger partial charge >= 0.3 is 0 Å². The second-order valence-corrected chi connectivity index (χ2v) is 4.63. The van der Waals surface area contributed by atoms with Gasteiger partial charge < -0.3 is 0 Å². The summed E-state index contributed by atoms with van der Waals surface area (Å²) in [7, 11) is 0. The van der Waals surface area contributed by atoms with Crippen molar-refractivity contribution in [3.8, 4) is 0 Å². The molecule has 0 spiro atoms. The second-order valence-electron chi connectivity index (χ2n) is 4.63. The van der Waals surface area contributed by atoms with Crippen molar-refractivity contribution in [1.82, 2.24) is 9.99 Å². The van der Waals surface area contributed by atoms with E-state index in [1.165, 1.54) is 10.9 Å². The maximum absolute atomic E-state index is 4.58. The van der Waals surface area contributed by atoms with Crippen LogP contribution >= 0.6 is 0 Å². The number of hydrogen-bond acceptors (Lipinski definition) is 4. The number of benzene rings is 1. The van der Waals surface area contributed by atoms with Crippen molar-refractivity contribution in [1.29, 1.82) is 0 Å². The maximum Gasteiger partial charge on any atom is 0.104 e. The van der Waals surface area contributed by atoms with Gasteiger partial charge in [0, 0.05) is 11.1 Å². The van der Waals surface area contributed by atoms with Crippen molar-refractivity contribution in [2.75, 3.05) is 18.5 Å². The van der Waals surface area contributed by atoms with E-state index in [1.54, 1.807) is 0 Å². The van der Waals surface area contributed by atoms with Crippen LogP contribution in [0, 0.1) is 13.8 Å². The van der Waals surface area contributed by atoms with Gasteiger partial charge in [-0.25, -0.2) is 0 Å². The molecule has 2 heterocycles. The number of hydrogen-bond donors (Lipinski definition) is 1. The molecule has 1 N–H and O–H groups in total. The van der Waals surface area contributed by atoms with Crippen molar-refractivity contribution in [3.63, 3.8) is 0 Å². The molecule has 0 bridgehead atoms. The first-order chi connectivity index (χ1) is 8.72. The molecule has 0 amide bonds. The van der Waals surface area contributed by atoms with Crippen LogP contribution in [0.4, 0.5) is 5.69 Å². The summed E-state index contributed by atoms with van der Waals surface area (Å²) in [4.78, 5) is 8.76. The highest BCUT2D eigenvalue weighted by molar-refractivity contribution is 5.83. The predicted molar refractivity (Wildman–Crippen MR) is 74.9 cm³/mol. The molecule has 0 aliphatic carbocycles. The molecule has 0 saturated heterocycles. The van der Waals surface area contributed by atoms with Crippen molar-refractivity contribution in [2.24, 2.45) is 4.99 Å². The van der Waals surface area contributed by atoms with Crippen LogP contribution in [0.25, 0.3) is 10.9 Å². The quantitative estimate of drug-likeness (QED) is 0.877. The van der Waals surface area contributed by atoms with Gasteiger partial charge in [0.05, 0.1) is 24.3 Å². The fourth-order valence-electron chi connectivity index (χ4n) is 2.08. The number of nitrogens with one attached hydrogen (secondary N) is 1. The Bertz CT molecular complexity index is 618. The largest absolute Gasteiger partial charge is 0.297 e. The SMILES string of the molecule is Cc1cc2cc(NN3C=NCC3)ccc2nc1C. The highest BCUT2D eigenvalue weighted by atomic mass is 15.5. The summed E-state index contributed by atoms with van der Waals surface area (Å²) in [6.07, 6.45) is 1.84. The van der Waals surface area contributed by atoms with E-state index in [0.717, 1.165) is 30.0 Å². The van der Waals surface area contributed by atoms with Crippen LogP contribution < -0.4 is 5.43 Å². The molecule has 2 aromatic rings. The first kappa shape index (κ1) is 11.0. The molecule has 0 saturated carbocycles. The number of aryl methyl sites for hydroxylation is 2. The number of nitrogens with zero attached hydrogens (tertiary/aromatic N) is 3. The number of hydrazine groups is 1. The average Bonchev–Trinajstić information content (AvgIpc) is 2.84. The Morgan fingerprint density at radius 1 is 1.22 bits per heavy atom. The minimum atomic E-state index is 0.862. The number of pyridine rings is 1. The molecule has 1 aliphatic heterocycles.